The number of anilines is 1. The van der Waals surface area contributed by atoms with Gasteiger partial charge in [0.25, 0.3) is 0 Å². The smallest absolute Gasteiger partial charge is 0.232 e. The fourth-order valence-corrected chi connectivity index (χ4v) is 4.86. The van der Waals surface area contributed by atoms with Crippen LogP contribution in [0, 0.1) is 0 Å². The Morgan fingerprint density at radius 2 is 2.06 bits per heavy atom. The molecule has 1 aromatic rings. The monoisotopic (exact) mass is 265 g/mol. The molecule has 0 N–H and O–H groups in total. The first-order valence-corrected chi connectivity index (χ1v) is 8.16. The maximum Gasteiger partial charge on any atom is 0.232 e. The van der Waals surface area contributed by atoms with Crippen LogP contribution in [0.3, 0.4) is 0 Å². The molecule has 4 rings (SSSR count). The standard InChI is InChI=1S/C13H15NO3S/c1-18(15,16)14-10-5-3-2-4-8(10)9-6-7-11-13(17-11)12(9)14/h2-5,9,11-13H,6-7H2,1H3/t9-,11+,12+,13+/m0/s1. The number of fused-ring (bicyclic) bond motifs is 5. The lowest BCUT2D eigenvalue weighted by Gasteiger charge is -2.29. The zero-order valence-electron chi connectivity index (χ0n) is 10.1. The molecule has 2 fully saturated rings. The lowest BCUT2D eigenvalue weighted by atomic mass is 9.83. The van der Waals surface area contributed by atoms with Crippen molar-refractivity contribution in [3.8, 4) is 0 Å². The van der Waals surface area contributed by atoms with E-state index in [1.807, 2.05) is 18.2 Å². The highest BCUT2D eigenvalue weighted by Gasteiger charge is 2.59. The van der Waals surface area contributed by atoms with Gasteiger partial charge < -0.3 is 4.74 Å². The van der Waals surface area contributed by atoms with Crippen LogP contribution in [0.4, 0.5) is 5.69 Å². The quantitative estimate of drug-likeness (QED) is 0.723. The average molecular weight is 265 g/mol. The third-order valence-electron chi connectivity index (χ3n) is 4.33. The molecule has 0 aromatic heterocycles. The van der Waals surface area contributed by atoms with E-state index < -0.39 is 10.0 Å². The van der Waals surface area contributed by atoms with Crippen LogP contribution in [0.2, 0.25) is 0 Å². The van der Waals surface area contributed by atoms with Gasteiger partial charge >= 0.3 is 0 Å². The van der Waals surface area contributed by atoms with E-state index in [1.165, 1.54) is 11.8 Å². The zero-order chi connectivity index (χ0) is 12.5. The van der Waals surface area contributed by atoms with Crippen LogP contribution < -0.4 is 4.31 Å². The number of hydrogen-bond donors (Lipinski definition) is 0. The predicted molar refractivity (Wildman–Crippen MR) is 68.2 cm³/mol. The molecule has 2 aliphatic heterocycles. The second-order valence-corrected chi connectivity index (χ2v) is 7.29. The van der Waals surface area contributed by atoms with Crippen molar-refractivity contribution in [2.24, 2.45) is 0 Å². The van der Waals surface area contributed by atoms with Crippen LogP contribution in [0.1, 0.15) is 24.3 Å². The number of nitrogens with zero attached hydrogens (tertiary/aromatic N) is 1. The van der Waals surface area contributed by atoms with Crippen molar-refractivity contribution in [2.75, 3.05) is 10.6 Å². The molecule has 0 spiro atoms. The van der Waals surface area contributed by atoms with Gasteiger partial charge in [-0.3, -0.25) is 4.31 Å². The Bertz CT molecular complexity index is 612. The molecular weight excluding hydrogens is 250 g/mol. The predicted octanol–water partition coefficient (Wildman–Crippen LogP) is 1.48. The Hall–Kier alpha value is -1.07. The molecule has 0 unspecified atom stereocenters. The summed E-state index contributed by atoms with van der Waals surface area (Å²) in [5.41, 5.74) is 2.02. The Morgan fingerprint density at radius 1 is 1.28 bits per heavy atom. The Balaban J connectivity index is 1.90. The van der Waals surface area contributed by atoms with E-state index in [4.69, 9.17) is 4.74 Å². The minimum atomic E-state index is -3.24. The van der Waals surface area contributed by atoms with Crippen molar-refractivity contribution < 1.29 is 13.2 Å². The van der Waals surface area contributed by atoms with Crippen molar-refractivity contribution in [2.45, 2.75) is 37.0 Å². The average Bonchev–Trinajstić information content (AvgIpc) is 3.02. The summed E-state index contributed by atoms with van der Waals surface area (Å²) < 4.78 is 31.4. The first-order valence-electron chi connectivity index (χ1n) is 6.31. The molecule has 2 heterocycles. The molecule has 0 bridgehead atoms. The molecule has 1 saturated heterocycles. The maximum atomic E-state index is 12.1. The summed E-state index contributed by atoms with van der Waals surface area (Å²) in [6.45, 7) is 0. The number of para-hydroxylation sites is 1. The molecule has 4 atom stereocenters. The van der Waals surface area contributed by atoms with Crippen LogP contribution in [-0.4, -0.2) is 32.9 Å². The van der Waals surface area contributed by atoms with Gasteiger partial charge in [0.15, 0.2) is 0 Å². The van der Waals surface area contributed by atoms with E-state index in [0.29, 0.717) is 5.92 Å². The van der Waals surface area contributed by atoms with Crippen molar-refractivity contribution in [3.63, 3.8) is 0 Å². The van der Waals surface area contributed by atoms with Crippen LogP contribution >= 0.6 is 0 Å². The first-order chi connectivity index (χ1) is 8.57. The van der Waals surface area contributed by atoms with E-state index >= 15 is 0 Å². The number of hydrogen-bond acceptors (Lipinski definition) is 3. The maximum absolute atomic E-state index is 12.1. The second-order valence-electron chi connectivity index (χ2n) is 5.43. The molecule has 18 heavy (non-hydrogen) atoms. The Morgan fingerprint density at radius 3 is 2.83 bits per heavy atom. The number of rotatable bonds is 1. The Labute approximate surface area is 107 Å². The van der Waals surface area contributed by atoms with Gasteiger partial charge in [-0.25, -0.2) is 8.42 Å². The summed E-state index contributed by atoms with van der Waals surface area (Å²) in [7, 11) is -3.24. The van der Waals surface area contributed by atoms with E-state index in [2.05, 4.69) is 6.07 Å². The van der Waals surface area contributed by atoms with Crippen LogP contribution in [0.25, 0.3) is 0 Å². The molecule has 5 heteroatoms. The van der Waals surface area contributed by atoms with Crippen LogP contribution in [0.15, 0.2) is 24.3 Å². The minimum Gasteiger partial charge on any atom is -0.367 e. The summed E-state index contributed by atoms with van der Waals surface area (Å²) >= 11 is 0. The molecule has 1 aliphatic carbocycles. The minimum absolute atomic E-state index is 0.0175. The highest BCUT2D eigenvalue weighted by Crippen LogP contribution is 2.54. The van der Waals surface area contributed by atoms with E-state index in [-0.39, 0.29) is 18.2 Å². The van der Waals surface area contributed by atoms with Gasteiger partial charge in [-0.1, -0.05) is 18.2 Å². The van der Waals surface area contributed by atoms with Gasteiger partial charge in [-0.2, -0.15) is 0 Å². The second kappa shape index (κ2) is 3.27. The number of sulfonamides is 1. The highest BCUT2D eigenvalue weighted by atomic mass is 32.2. The van der Waals surface area contributed by atoms with Gasteiger partial charge in [0.1, 0.15) is 6.10 Å². The molecule has 0 amide bonds. The summed E-state index contributed by atoms with van der Waals surface area (Å²) in [5, 5.41) is 0. The molecule has 1 saturated carbocycles. The Kier molecular flexibility index (Phi) is 1.97. The molecule has 1 aromatic carbocycles. The summed E-state index contributed by atoms with van der Waals surface area (Å²) in [5.74, 6) is 0.305. The largest absolute Gasteiger partial charge is 0.367 e. The van der Waals surface area contributed by atoms with Gasteiger partial charge in [0.2, 0.25) is 10.0 Å². The SMILES string of the molecule is CS(=O)(=O)N1c2ccccc2[C@@H]2CC[C@H]3O[C@H]3[C@@H]21. The lowest BCUT2D eigenvalue weighted by molar-refractivity contribution is 0.357. The molecule has 0 radical (unpaired) electrons. The number of ether oxygens (including phenoxy) is 1. The normalized spacial score (nSPS) is 36.8. The van der Waals surface area contributed by atoms with Gasteiger partial charge in [0.05, 0.1) is 24.1 Å². The van der Waals surface area contributed by atoms with Crippen molar-refractivity contribution in [3.05, 3.63) is 29.8 Å². The van der Waals surface area contributed by atoms with Gasteiger partial charge in [0, 0.05) is 5.92 Å². The molecular formula is C13H15NO3S. The first kappa shape index (κ1) is 10.8. The van der Waals surface area contributed by atoms with E-state index in [0.717, 1.165) is 18.5 Å². The topological polar surface area (TPSA) is 49.9 Å². The molecule has 3 aliphatic rings. The lowest BCUT2D eigenvalue weighted by Crippen LogP contribution is -2.44. The fraction of sp³-hybridized carbons (Fsp3) is 0.538. The van der Waals surface area contributed by atoms with Crippen molar-refractivity contribution >= 4 is 15.7 Å². The number of epoxide rings is 1. The number of benzene rings is 1. The van der Waals surface area contributed by atoms with Crippen LogP contribution in [0.5, 0.6) is 0 Å². The summed E-state index contributed by atoms with van der Waals surface area (Å²) in [6, 6.07) is 7.84. The molecule has 4 nitrogen and oxygen atoms in total. The van der Waals surface area contributed by atoms with E-state index in [9.17, 15) is 8.42 Å². The van der Waals surface area contributed by atoms with Gasteiger partial charge in [-0.15, -0.1) is 0 Å². The van der Waals surface area contributed by atoms with Gasteiger partial charge in [-0.05, 0) is 24.5 Å². The third-order valence-corrected chi connectivity index (χ3v) is 5.49. The summed E-state index contributed by atoms with van der Waals surface area (Å²) in [6.07, 6.45) is 3.75. The fourth-order valence-electron chi connectivity index (χ4n) is 3.63. The van der Waals surface area contributed by atoms with Crippen molar-refractivity contribution in [1.29, 1.82) is 0 Å². The van der Waals surface area contributed by atoms with Crippen LogP contribution in [-0.2, 0) is 14.8 Å². The zero-order valence-corrected chi connectivity index (χ0v) is 10.9. The third kappa shape index (κ3) is 1.32. The highest BCUT2D eigenvalue weighted by molar-refractivity contribution is 7.92. The summed E-state index contributed by atoms with van der Waals surface area (Å²) in [4.78, 5) is 0. The van der Waals surface area contributed by atoms with Crippen molar-refractivity contribution in [1.82, 2.24) is 0 Å². The van der Waals surface area contributed by atoms with E-state index in [1.54, 1.807) is 4.31 Å². The molecule has 96 valence electrons.